The molecule has 0 saturated carbocycles. The average Bonchev–Trinajstić information content (AvgIpc) is 2.04. The van der Waals surface area contributed by atoms with Crippen molar-refractivity contribution in [3.05, 3.63) is 34.3 Å². The van der Waals surface area contributed by atoms with Crippen molar-refractivity contribution in [3.8, 4) is 0 Å². The van der Waals surface area contributed by atoms with E-state index in [1.165, 1.54) is 0 Å². The van der Waals surface area contributed by atoms with Gasteiger partial charge >= 0.3 is 5.97 Å². The Balaban J connectivity index is 2.50. The van der Waals surface area contributed by atoms with Crippen LogP contribution in [-0.4, -0.2) is 5.97 Å². The van der Waals surface area contributed by atoms with Crippen LogP contribution in [0.4, 0.5) is 0 Å². The van der Waals surface area contributed by atoms with Gasteiger partial charge in [-0.05, 0) is 23.6 Å². The van der Waals surface area contributed by atoms with Crippen LogP contribution >= 0.6 is 0 Å². The lowest BCUT2D eigenvalue weighted by Gasteiger charge is -2.13. The zero-order chi connectivity index (χ0) is 7.68. The van der Waals surface area contributed by atoms with Crippen LogP contribution in [0.1, 0.15) is 12.8 Å². The molecular weight excluding hydrogens is 140 g/mol. The standard InChI is InChI=1S/C9H4O2/c10-9-6-5-7-3-1-2-4-8(7)11-9/h5-6H2. The second-order valence-corrected chi connectivity index (χ2v) is 2.28. The van der Waals surface area contributed by atoms with E-state index < -0.39 is 0 Å². The normalized spacial score (nSPS) is 18.7. The number of rotatable bonds is 0. The molecule has 2 heteroatoms. The van der Waals surface area contributed by atoms with Gasteiger partial charge in [0.05, 0.1) is 12.0 Å². The SMILES string of the molecule is O=C1CCC2=C=C=C=C=C2O1. The molecule has 52 valence electrons. The van der Waals surface area contributed by atoms with Gasteiger partial charge in [-0.15, -0.1) is 0 Å². The van der Waals surface area contributed by atoms with Crippen LogP contribution in [0.5, 0.6) is 0 Å². The molecule has 1 saturated heterocycles. The van der Waals surface area contributed by atoms with Gasteiger partial charge in [0.15, 0.2) is 5.76 Å². The number of carbonyl (C=O) groups is 1. The lowest BCUT2D eigenvalue weighted by molar-refractivity contribution is -0.140. The Morgan fingerprint density at radius 1 is 1.18 bits per heavy atom. The smallest absolute Gasteiger partial charge is 0.312 e. The Morgan fingerprint density at radius 3 is 2.91 bits per heavy atom. The van der Waals surface area contributed by atoms with E-state index in [1.54, 1.807) is 0 Å². The highest BCUT2D eigenvalue weighted by Gasteiger charge is 2.19. The molecule has 0 atom stereocenters. The molecule has 11 heavy (non-hydrogen) atoms. The van der Waals surface area contributed by atoms with Gasteiger partial charge in [-0.1, -0.05) is 5.73 Å². The highest BCUT2D eigenvalue weighted by molar-refractivity contribution is 5.73. The topological polar surface area (TPSA) is 26.3 Å². The molecule has 2 aliphatic rings. The summed E-state index contributed by atoms with van der Waals surface area (Å²) in [5.41, 5.74) is 11.5. The highest BCUT2D eigenvalue weighted by Crippen LogP contribution is 2.22. The van der Waals surface area contributed by atoms with Crippen molar-refractivity contribution >= 4 is 5.97 Å². The highest BCUT2D eigenvalue weighted by atomic mass is 16.5. The van der Waals surface area contributed by atoms with Gasteiger partial charge in [0.2, 0.25) is 0 Å². The van der Waals surface area contributed by atoms with Crippen LogP contribution in [0, 0.1) is 0 Å². The monoisotopic (exact) mass is 144 g/mol. The quantitative estimate of drug-likeness (QED) is 0.377. The van der Waals surface area contributed by atoms with Crippen molar-refractivity contribution in [1.82, 2.24) is 0 Å². The minimum Gasteiger partial charge on any atom is -0.416 e. The van der Waals surface area contributed by atoms with Crippen LogP contribution in [0.15, 0.2) is 34.3 Å². The number of ether oxygens (including phenoxy) is 1. The molecule has 0 aromatic heterocycles. The van der Waals surface area contributed by atoms with E-state index in [9.17, 15) is 4.79 Å². The molecule has 0 unspecified atom stereocenters. The van der Waals surface area contributed by atoms with Gasteiger partial charge in [0.25, 0.3) is 0 Å². The Labute approximate surface area is 63.5 Å². The Morgan fingerprint density at radius 2 is 2.00 bits per heavy atom. The van der Waals surface area contributed by atoms with Crippen LogP contribution in [0.2, 0.25) is 0 Å². The Bertz CT molecular complexity index is 389. The average molecular weight is 144 g/mol. The molecule has 0 radical (unpaired) electrons. The van der Waals surface area contributed by atoms with E-state index in [1.807, 2.05) is 0 Å². The maximum absolute atomic E-state index is 10.7. The molecule has 0 aromatic carbocycles. The second-order valence-electron chi connectivity index (χ2n) is 2.28. The van der Waals surface area contributed by atoms with Gasteiger partial charge in [0.1, 0.15) is 0 Å². The molecule has 0 aromatic rings. The molecule has 1 fully saturated rings. The summed E-state index contributed by atoms with van der Waals surface area (Å²) in [5, 5.41) is 0. The first-order chi connectivity index (χ1) is 5.36. The number of hydrogen-bond acceptors (Lipinski definition) is 2. The van der Waals surface area contributed by atoms with Crippen molar-refractivity contribution in [2.45, 2.75) is 12.8 Å². The molecule has 0 amide bonds. The van der Waals surface area contributed by atoms with Crippen molar-refractivity contribution in [2.24, 2.45) is 0 Å². The zero-order valence-electron chi connectivity index (χ0n) is 5.73. The minimum absolute atomic E-state index is 0.207. The third-order valence-corrected chi connectivity index (χ3v) is 1.52. The van der Waals surface area contributed by atoms with E-state index in [0.29, 0.717) is 18.6 Å². The number of esters is 1. The lowest BCUT2D eigenvalue weighted by atomic mass is 10.1. The number of allylic oxidation sites excluding steroid dienone is 1. The maximum Gasteiger partial charge on any atom is 0.312 e. The molecular formula is C9H4O2. The third-order valence-electron chi connectivity index (χ3n) is 1.52. The number of fused-ring (bicyclic) bond motifs is 1. The van der Waals surface area contributed by atoms with E-state index in [2.05, 4.69) is 22.9 Å². The van der Waals surface area contributed by atoms with Gasteiger partial charge in [-0.2, -0.15) is 0 Å². The van der Waals surface area contributed by atoms with E-state index >= 15 is 0 Å². The molecule has 0 bridgehead atoms. The van der Waals surface area contributed by atoms with Gasteiger partial charge in [0, 0.05) is 0 Å². The molecule has 0 spiro atoms. The van der Waals surface area contributed by atoms with Crippen molar-refractivity contribution < 1.29 is 9.53 Å². The summed E-state index contributed by atoms with van der Waals surface area (Å²) in [6.45, 7) is 0. The fourth-order valence-electron chi connectivity index (χ4n) is 0.982. The van der Waals surface area contributed by atoms with E-state index in [0.717, 1.165) is 5.57 Å². The maximum atomic E-state index is 10.7. The first-order valence-electron chi connectivity index (χ1n) is 3.32. The molecule has 0 N–H and O–H groups in total. The predicted octanol–water partition coefficient (Wildman–Crippen LogP) is 1.21. The fraction of sp³-hybridized carbons (Fsp3) is 0.222. The van der Waals surface area contributed by atoms with Crippen molar-refractivity contribution in [1.29, 1.82) is 0 Å². The Hall–Kier alpha value is -1.67. The van der Waals surface area contributed by atoms with Crippen molar-refractivity contribution in [2.75, 3.05) is 0 Å². The first-order valence-corrected chi connectivity index (χ1v) is 3.32. The van der Waals surface area contributed by atoms with Gasteiger partial charge in [-0.25, -0.2) is 0 Å². The van der Waals surface area contributed by atoms with E-state index in [-0.39, 0.29) is 5.97 Å². The van der Waals surface area contributed by atoms with Gasteiger partial charge < -0.3 is 4.74 Å². The minimum atomic E-state index is -0.207. The predicted molar refractivity (Wildman–Crippen MR) is 36.4 cm³/mol. The summed E-state index contributed by atoms with van der Waals surface area (Å²) < 4.78 is 4.85. The molecule has 2 rings (SSSR count). The van der Waals surface area contributed by atoms with Crippen LogP contribution < -0.4 is 0 Å². The molecule has 1 aliphatic carbocycles. The summed E-state index contributed by atoms with van der Waals surface area (Å²) in [6.07, 6.45) is 1.10. The zero-order valence-corrected chi connectivity index (χ0v) is 5.73. The van der Waals surface area contributed by atoms with Gasteiger partial charge in [-0.3, -0.25) is 4.79 Å². The second kappa shape index (κ2) is 2.18. The summed E-state index contributed by atoms with van der Waals surface area (Å²) in [5.74, 6) is 0.252. The van der Waals surface area contributed by atoms with Crippen LogP contribution in [0.3, 0.4) is 0 Å². The summed E-state index contributed by atoms with van der Waals surface area (Å²) in [7, 11) is 0. The summed E-state index contributed by atoms with van der Waals surface area (Å²) >= 11 is 0. The van der Waals surface area contributed by atoms with E-state index in [4.69, 9.17) is 4.74 Å². The molecule has 1 aliphatic heterocycles. The fourth-order valence-corrected chi connectivity index (χ4v) is 0.982. The summed E-state index contributed by atoms with van der Waals surface area (Å²) in [6, 6.07) is 0. The largest absolute Gasteiger partial charge is 0.416 e. The lowest BCUT2D eigenvalue weighted by Crippen LogP contribution is -2.12. The summed E-state index contributed by atoms with van der Waals surface area (Å²) in [4.78, 5) is 10.7. The number of hydrogen-bond donors (Lipinski definition) is 0. The van der Waals surface area contributed by atoms with Crippen molar-refractivity contribution in [3.63, 3.8) is 0 Å². The number of carbonyl (C=O) groups excluding carboxylic acids is 1. The third kappa shape index (κ3) is 0.993. The van der Waals surface area contributed by atoms with Crippen LogP contribution in [0.25, 0.3) is 0 Å². The molecule has 2 nitrogen and oxygen atoms in total. The first kappa shape index (κ1) is 6.07. The van der Waals surface area contributed by atoms with Crippen LogP contribution in [-0.2, 0) is 9.53 Å². The Kier molecular flexibility index (Phi) is 1.20. The molecule has 1 heterocycles.